The maximum Gasteiger partial charge on any atom is 0.306 e. The van der Waals surface area contributed by atoms with Gasteiger partial charge in [0.15, 0.2) is 5.78 Å². The smallest absolute Gasteiger partial charge is 0.306 e. The summed E-state index contributed by atoms with van der Waals surface area (Å²) in [5.41, 5.74) is 0.910. The van der Waals surface area contributed by atoms with E-state index in [-0.39, 0.29) is 17.7 Å². The van der Waals surface area contributed by atoms with Gasteiger partial charge in [0, 0.05) is 6.42 Å². The van der Waals surface area contributed by atoms with Gasteiger partial charge in [-0.1, -0.05) is 25.3 Å². The van der Waals surface area contributed by atoms with Crippen molar-refractivity contribution in [3.05, 3.63) is 11.6 Å². The van der Waals surface area contributed by atoms with E-state index in [1.54, 1.807) is 0 Å². The lowest BCUT2D eigenvalue weighted by atomic mass is 9.85. The molecule has 0 aromatic heterocycles. The van der Waals surface area contributed by atoms with Gasteiger partial charge < -0.3 is 4.74 Å². The van der Waals surface area contributed by atoms with Crippen molar-refractivity contribution in [1.29, 1.82) is 0 Å². The summed E-state index contributed by atoms with van der Waals surface area (Å²) < 4.78 is 4.71. The molecule has 2 fully saturated rings. The first kappa shape index (κ1) is 13.3. The average Bonchev–Trinajstić information content (AvgIpc) is 2.72. The summed E-state index contributed by atoms with van der Waals surface area (Å²) >= 11 is 0. The molecule has 100 valence electrons. The Labute approximate surface area is 109 Å². The van der Waals surface area contributed by atoms with E-state index in [0.717, 1.165) is 12.0 Å². The molecule has 0 aromatic rings. The van der Waals surface area contributed by atoms with Crippen molar-refractivity contribution in [2.45, 2.75) is 51.4 Å². The number of methoxy groups -OCH3 is 1. The fraction of sp³-hybridized carbons (Fsp3) is 0.733. The van der Waals surface area contributed by atoms with E-state index < -0.39 is 0 Å². The van der Waals surface area contributed by atoms with Crippen molar-refractivity contribution in [2.75, 3.05) is 7.11 Å². The summed E-state index contributed by atoms with van der Waals surface area (Å²) in [5.74, 6) is 0.696. The lowest BCUT2D eigenvalue weighted by molar-refractivity contribution is -0.141. The van der Waals surface area contributed by atoms with Crippen LogP contribution in [0.2, 0.25) is 0 Å². The number of esters is 1. The minimum Gasteiger partial charge on any atom is -0.469 e. The van der Waals surface area contributed by atoms with Crippen LogP contribution in [0.3, 0.4) is 0 Å². The molecule has 2 aliphatic rings. The summed E-state index contributed by atoms with van der Waals surface area (Å²) in [4.78, 5) is 23.3. The number of allylic oxidation sites excluding steroid dienone is 2. The van der Waals surface area contributed by atoms with Crippen LogP contribution in [0.15, 0.2) is 11.6 Å². The Morgan fingerprint density at radius 1 is 1.28 bits per heavy atom. The van der Waals surface area contributed by atoms with E-state index in [2.05, 4.69) is 6.08 Å². The van der Waals surface area contributed by atoms with Gasteiger partial charge in [-0.2, -0.15) is 0 Å². The van der Waals surface area contributed by atoms with Gasteiger partial charge in [0.05, 0.1) is 13.5 Å². The molecular formula is C15H22O3. The number of hydrogen-bond donors (Lipinski definition) is 0. The van der Waals surface area contributed by atoms with Crippen LogP contribution in [0.25, 0.3) is 0 Å². The molecule has 2 rings (SSSR count). The van der Waals surface area contributed by atoms with Gasteiger partial charge in [0.1, 0.15) is 0 Å². The standard InChI is InChI=1S/C15H22O3/c1-18-15(17)10-12-7-8-14(16)13(12)9-11-5-3-2-4-6-11/h9,11-12H,2-8,10H2,1H3/b13-9+. The minimum absolute atomic E-state index is 0.104. The zero-order valence-corrected chi connectivity index (χ0v) is 11.1. The lowest BCUT2D eigenvalue weighted by Gasteiger charge is -2.20. The van der Waals surface area contributed by atoms with E-state index in [4.69, 9.17) is 4.74 Å². The number of rotatable bonds is 3. The Kier molecular flexibility index (Phi) is 4.56. The Morgan fingerprint density at radius 2 is 2.00 bits per heavy atom. The van der Waals surface area contributed by atoms with Gasteiger partial charge in [-0.3, -0.25) is 9.59 Å². The van der Waals surface area contributed by atoms with Crippen LogP contribution in [0.5, 0.6) is 0 Å². The first-order valence-corrected chi connectivity index (χ1v) is 7.02. The van der Waals surface area contributed by atoms with Gasteiger partial charge in [0.25, 0.3) is 0 Å². The largest absolute Gasteiger partial charge is 0.469 e. The molecule has 0 aliphatic heterocycles. The van der Waals surface area contributed by atoms with Crippen LogP contribution in [-0.4, -0.2) is 18.9 Å². The SMILES string of the molecule is COC(=O)CC1CCC(=O)/C1=C/C1CCCCC1. The van der Waals surface area contributed by atoms with E-state index in [9.17, 15) is 9.59 Å². The number of ether oxygens (including phenoxy) is 1. The van der Waals surface area contributed by atoms with Crippen molar-refractivity contribution in [3.63, 3.8) is 0 Å². The van der Waals surface area contributed by atoms with E-state index in [1.807, 2.05) is 0 Å². The summed E-state index contributed by atoms with van der Waals surface area (Å²) in [6.07, 6.45) is 10.2. The van der Waals surface area contributed by atoms with Crippen LogP contribution < -0.4 is 0 Å². The molecule has 0 saturated heterocycles. The normalized spacial score (nSPS) is 27.7. The quantitative estimate of drug-likeness (QED) is 0.571. The molecular weight excluding hydrogens is 228 g/mol. The molecule has 0 N–H and O–H groups in total. The monoisotopic (exact) mass is 250 g/mol. The number of Topliss-reactive ketones (excluding diaryl/α,β-unsaturated/α-hetero) is 1. The second-order valence-corrected chi connectivity index (χ2v) is 5.46. The highest BCUT2D eigenvalue weighted by Crippen LogP contribution is 2.34. The molecule has 0 amide bonds. The maximum atomic E-state index is 11.9. The molecule has 1 unspecified atom stereocenters. The molecule has 0 bridgehead atoms. The second-order valence-electron chi connectivity index (χ2n) is 5.46. The first-order chi connectivity index (χ1) is 8.70. The van der Waals surface area contributed by atoms with Crippen molar-refractivity contribution < 1.29 is 14.3 Å². The van der Waals surface area contributed by atoms with Gasteiger partial charge in [-0.05, 0) is 36.7 Å². The molecule has 3 heteroatoms. The highest BCUT2D eigenvalue weighted by atomic mass is 16.5. The van der Waals surface area contributed by atoms with Crippen LogP contribution in [0, 0.1) is 11.8 Å². The Balaban J connectivity index is 2.04. The molecule has 2 saturated carbocycles. The first-order valence-electron chi connectivity index (χ1n) is 7.02. The Hall–Kier alpha value is -1.12. The van der Waals surface area contributed by atoms with Gasteiger partial charge in [0.2, 0.25) is 0 Å². The number of carbonyl (C=O) groups excluding carboxylic acids is 2. The van der Waals surface area contributed by atoms with E-state index >= 15 is 0 Å². The molecule has 0 heterocycles. The molecule has 18 heavy (non-hydrogen) atoms. The van der Waals surface area contributed by atoms with Crippen molar-refractivity contribution in [2.24, 2.45) is 11.8 Å². The molecule has 2 aliphatic carbocycles. The predicted molar refractivity (Wildman–Crippen MR) is 69.0 cm³/mol. The molecule has 0 aromatic carbocycles. The Bertz CT molecular complexity index is 351. The van der Waals surface area contributed by atoms with Crippen molar-refractivity contribution in [1.82, 2.24) is 0 Å². The van der Waals surface area contributed by atoms with Gasteiger partial charge >= 0.3 is 5.97 Å². The number of hydrogen-bond acceptors (Lipinski definition) is 3. The minimum atomic E-state index is -0.204. The summed E-state index contributed by atoms with van der Waals surface area (Å²) in [7, 11) is 1.41. The lowest BCUT2D eigenvalue weighted by Crippen LogP contribution is -2.12. The zero-order chi connectivity index (χ0) is 13.0. The fourth-order valence-electron chi connectivity index (χ4n) is 3.11. The third-order valence-corrected chi connectivity index (χ3v) is 4.19. The summed E-state index contributed by atoms with van der Waals surface area (Å²) in [5, 5.41) is 0. The number of ketones is 1. The van der Waals surface area contributed by atoms with E-state index in [0.29, 0.717) is 18.8 Å². The maximum absolute atomic E-state index is 11.9. The van der Waals surface area contributed by atoms with Crippen molar-refractivity contribution in [3.8, 4) is 0 Å². The molecule has 0 spiro atoms. The fourth-order valence-corrected chi connectivity index (χ4v) is 3.11. The summed E-state index contributed by atoms with van der Waals surface area (Å²) in [6.45, 7) is 0. The predicted octanol–water partition coefficient (Wildman–Crippen LogP) is 3.04. The molecule has 3 nitrogen and oxygen atoms in total. The van der Waals surface area contributed by atoms with E-state index in [1.165, 1.54) is 39.2 Å². The Morgan fingerprint density at radius 3 is 2.67 bits per heavy atom. The van der Waals surface area contributed by atoms with Crippen LogP contribution in [-0.2, 0) is 14.3 Å². The highest BCUT2D eigenvalue weighted by Gasteiger charge is 2.31. The topological polar surface area (TPSA) is 43.4 Å². The van der Waals surface area contributed by atoms with Crippen molar-refractivity contribution >= 4 is 11.8 Å². The average molecular weight is 250 g/mol. The van der Waals surface area contributed by atoms with Gasteiger partial charge in [-0.25, -0.2) is 0 Å². The third kappa shape index (κ3) is 3.21. The molecule has 0 radical (unpaired) electrons. The molecule has 1 atom stereocenters. The van der Waals surface area contributed by atoms with Crippen LogP contribution in [0.4, 0.5) is 0 Å². The zero-order valence-electron chi connectivity index (χ0n) is 11.1. The van der Waals surface area contributed by atoms with Gasteiger partial charge in [-0.15, -0.1) is 0 Å². The third-order valence-electron chi connectivity index (χ3n) is 4.19. The highest BCUT2D eigenvalue weighted by molar-refractivity contribution is 5.98. The van der Waals surface area contributed by atoms with Crippen LogP contribution in [0.1, 0.15) is 51.4 Å². The van der Waals surface area contributed by atoms with Crippen LogP contribution >= 0.6 is 0 Å². The summed E-state index contributed by atoms with van der Waals surface area (Å²) in [6, 6.07) is 0. The number of carbonyl (C=O) groups is 2. The second kappa shape index (κ2) is 6.17.